The van der Waals surface area contributed by atoms with E-state index in [0.29, 0.717) is 6.42 Å². The molecule has 0 radical (unpaired) electrons. The minimum Gasteiger partial charge on any atom is -0.207 e. The molecule has 0 nitrogen and oxygen atoms in total. The third-order valence-corrected chi connectivity index (χ3v) is 4.24. The van der Waals surface area contributed by atoms with E-state index in [9.17, 15) is 8.78 Å². The van der Waals surface area contributed by atoms with Gasteiger partial charge in [-0.3, -0.25) is 0 Å². The number of fused-ring (bicyclic) bond motifs is 2. The van der Waals surface area contributed by atoms with Gasteiger partial charge in [-0.25, -0.2) is 8.78 Å². The van der Waals surface area contributed by atoms with Crippen molar-refractivity contribution >= 4 is 0 Å². The first-order valence-electron chi connectivity index (χ1n) is 7.26. The van der Waals surface area contributed by atoms with Crippen molar-refractivity contribution in [3.63, 3.8) is 0 Å². The number of hydrogen-bond donors (Lipinski definition) is 0. The average Bonchev–Trinajstić information content (AvgIpc) is 2.58. The molecule has 3 rings (SSSR count). The van der Waals surface area contributed by atoms with E-state index in [2.05, 4.69) is 6.92 Å². The molecule has 2 aromatic carbocycles. The lowest BCUT2D eigenvalue weighted by atomic mass is 9.85. The van der Waals surface area contributed by atoms with Crippen LogP contribution < -0.4 is 0 Å². The van der Waals surface area contributed by atoms with Crippen molar-refractivity contribution in [1.82, 2.24) is 0 Å². The summed E-state index contributed by atoms with van der Waals surface area (Å²) in [6.45, 7) is 2.11. The molecule has 1 aliphatic rings. The van der Waals surface area contributed by atoms with Crippen molar-refractivity contribution in [2.45, 2.75) is 38.5 Å². The van der Waals surface area contributed by atoms with Crippen molar-refractivity contribution < 1.29 is 8.78 Å². The first-order chi connectivity index (χ1) is 9.70. The van der Waals surface area contributed by atoms with Crippen molar-refractivity contribution in [2.24, 2.45) is 0 Å². The molecule has 0 saturated heterocycles. The molecular weight excluding hydrogens is 254 g/mol. The Labute approximate surface area is 118 Å². The highest BCUT2D eigenvalue weighted by Gasteiger charge is 2.25. The standard InChI is InChI=1S/C18H18F2/c1-2-4-14-15-5-3-6-18(20)16(15)10-8-12-7-9-13(19)11-17(12)14/h3,5-7,9,11,14H,2,4,8,10H2,1H3. The number of benzene rings is 2. The predicted molar refractivity (Wildman–Crippen MR) is 77.0 cm³/mol. The second kappa shape index (κ2) is 5.35. The molecule has 1 unspecified atom stereocenters. The van der Waals surface area contributed by atoms with Crippen LogP contribution in [0.1, 0.15) is 47.9 Å². The van der Waals surface area contributed by atoms with Crippen molar-refractivity contribution in [3.05, 3.63) is 70.3 Å². The molecule has 0 spiro atoms. The lowest BCUT2D eigenvalue weighted by Crippen LogP contribution is -2.05. The molecule has 0 N–H and O–H groups in total. The minimum absolute atomic E-state index is 0.110. The fourth-order valence-corrected chi connectivity index (χ4v) is 3.31. The third kappa shape index (κ3) is 2.24. The summed E-state index contributed by atoms with van der Waals surface area (Å²) in [7, 11) is 0. The zero-order chi connectivity index (χ0) is 14.1. The SMILES string of the molecule is CCCC1c2cc(F)ccc2CCc2c(F)cccc21. The van der Waals surface area contributed by atoms with Crippen LogP contribution in [0.4, 0.5) is 8.78 Å². The van der Waals surface area contributed by atoms with Crippen LogP contribution >= 0.6 is 0 Å². The Kier molecular flexibility index (Phi) is 3.56. The second-order valence-corrected chi connectivity index (χ2v) is 5.49. The number of aryl methyl sites for hydroxylation is 1. The predicted octanol–water partition coefficient (Wildman–Crippen LogP) is 5.00. The highest BCUT2D eigenvalue weighted by atomic mass is 19.1. The van der Waals surface area contributed by atoms with Crippen LogP contribution in [-0.4, -0.2) is 0 Å². The molecule has 0 bridgehead atoms. The minimum atomic E-state index is -0.204. The topological polar surface area (TPSA) is 0 Å². The van der Waals surface area contributed by atoms with E-state index >= 15 is 0 Å². The molecule has 0 saturated carbocycles. The Hall–Kier alpha value is -1.70. The lowest BCUT2D eigenvalue weighted by molar-refractivity contribution is 0.600. The first-order valence-corrected chi connectivity index (χ1v) is 7.26. The van der Waals surface area contributed by atoms with Gasteiger partial charge in [-0.05, 0) is 59.7 Å². The highest BCUT2D eigenvalue weighted by molar-refractivity contribution is 5.45. The Morgan fingerprint density at radius 1 is 1.05 bits per heavy atom. The average molecular weight is 272 g/mol. The fourth-order valence-electron chi connectivity index (χ4n) is 3.31. The molecule has 0 aliphatic heterocycles. The molecule has 2 heteroatoms. The Balaban J connectivity index is 2.19. The van der Waals surface area contributed by atoms with Crippen LogP contribution in [0.25, 0.3) is 0 Å². The summed E-state index contributed by atoms with van der Waals surface area (Å²) in [5.41, 5.74) is 4.04. The maximum atomic E-state index is 14.1. The van der Waals surface area contributed by atoms with Gasteiger partial charge in [0, 0.05) is 5.92 Å². The van der Waals surface area contributed by atoms with E-state index < -0.39 is 0 Å². The van der Waals surface area contributed by atoms with Gasteiger partial charge in [-0.15, -0.1) is 0 Å². The number of halogens is 2. The van der Waals surface area contributed by atoms with Crippen molar-refractivity contribution in [2.75, 3.05) is 0 Å². The van der Waals surface area contributed by atoms with E-state index in [1.807, 2.05) is 12.1 Å². The summed E-state index contributed by atoms with van der Waals surface area (Å²) >= 11 is 0. The Morgan fingerprint density at radius 3 is 2.70 bits per heavy atom. The van der Waals surface area contributed by atoms with Crippen LogP contribution in [0.15, 0.2) is 36.4 Å². The van der Waals surface area contributed by atoms with E-state index in [1.54, 1.807) is 12.1 Å². The van der Waals surface area contributed by atoms with Gasteiger partial charge >= 0.3 is 0 Å². The number of rotatable bonds is 2. The highest BCUT2D eigenvalue weighted by Crippen LogP contribution is 2.38. The van der Waals surface area contributed by atoms with E-state index in [1.165, 1.54) is 12.1 Å². The van der Waals surface area contributed by atoms with E-state index in [-0.39, 0.29) is 17.6 Å². The van der Waals surface area contributed by atoms with Crippen molar-refractivity contribution in [3.8, 4) is 0 Å². The van der Waals surface area contributed by atoms with Gasteiger partial charge in [0.1, 0.15) is 11.6 Å². The zero-order valence-electron chi connectivity index (χ0n) is 11.6. The largest absolute Gasteiger partial charge is 0.207 e. The molecule has 2 aromatic rings. The van der Waals surface area contributed by atoms with Gasteiger partial charge in [0.2, 0.25) is 0 Å². The molecule has 104 valence electrons. The monoisotopic (exact) mass is 272 g/mol. The van der Waals surface area contributed by atoms with E-state index in [0.717, 1.165) is 41.5 Å². The van der Waals surface area contributed by atoms with Gasteiger partial charge < -0.3 is 0 Å². The molecule has 0 heterocycles. The summed E-state index contributed by atoms with van der Waals surface area (Å²) < 4.78 is 27.7. The fraction of sp³-hybridized carbons (Fsp3) is 0.333. The van der Waals surface area contributed by atoms with Gasteiger partial charge in [0.25, 0.3) is 0 Å². The molecule has 0 amide bonds. The molecule has 20 heavy (non-hydrogen) atoms. The number of hydrogen-bond acceptors (Lipinski definition) is 0. The maximum Gasteiger partial charge on any atom is 0.126 e. The van der Waals surface area contributed by atoms with Crippen molar-refractivity contribution in [1.29, 1.82) is 0 Å². The molecular formula is C18H18F2. The molecule has 0 fully saturated rings. The zero-order valence-corrected chi connectivity index (χ0v) is 11.6. The van der Waals surface area contributed by atoms with Gasteiger partial charge in [0.15, 0.2) is 0 Å². The molecule has 0 aromatic heterocycles. The summed E-state index contributed by atoms with van der Waals surface area (Å²) in [6, 6.07) is 10.3. The smallest absolute Gasteiger partial charge is 0.126 e. The van der Waals surface area contributed by atoms with Crippen LogP contribution in [0, 0.1) is 11.6 Å². The summed E-state index contributed by atoms with van der Waals surface area (Å²) in [6.07, 6.45) is 3.40. The summed E-state index contributed by atoms with van der Waals surface area (Å²) in [4.78, 5) is 0. The molecule has 1 atom stereocenters. The maximum absolute atomic E-state index is 14.1. The van der Waals surface area contributed by atoms with Crippen LogP contribution in [0.2, 0.25) is 0 Å². The van der Waals surface area contributed by atoms with E-state index in [4.69, 9.17) is 0 Å². The molecule has 1 aliphatic carbocycles. The quantitative estimate of drug-likeness (QED) is 0.722. The van der Waals surface area contributed by atoms with Crippen LogP contribution in [0.3, 0.4) is 0 Å². The first kappa shape index (κ1) is 13.3. The Morgan fingerprint density at radius 2 is 1.90 bits per heavy atom. The third-order valence-electron chi connectivity index (χ3n) is 4.24. The summed E-state index contributed by atoms with van der Waals surface area (Å²) in [5, 5.41) is 0. The van der Waals surface area contributed by atoms with Gasteiger partial charge in [-0.2, -0.15) is 0 Å². The van der Waals surface area contributed by atoms with Crippen LogP contribution in [-0.2, 0) is 12.8 Å². The Bertz CT molecular complexity index is 629. The van der Waals surface area contributed by atoms with Crippen LogP contribution in [0.5, 0.6) is 0 Å². The van der Waals surface area contributed by atoms with Gasteiger partial charge in [0.05, 0.1) is 0 Å². The second-order valence-electron chi connectivity index (χ2n) is 5.49. The van der Waals surface area contributed by atoms with Gasteiger partial charge in [-0.1, -0.05) is 31.5 Å². The normalized spacial score (nSPS) is 17.2. The lowest BCUT2D eigenvalue weighted by Gasteiger charge is -2.20. The summed E-state index contributed by atoms with van der Waals surface area (Å²) in [5.74, 6) is -0.222.